The number of amides is 2. The number of rotatable bonds is 3. The van der Waals surface area contributed by atoms with E-state index in [0.29, 0.717) is 16.8 Å². The Hall–Kier alpha value is -1.56. The minimum atomic E-state index is -1.01. The van der Waals surface area contributed by atoms with Crippen LogP contribution in [-0.4, -0.2) is 34.6 Å². The highest BCUT2D eigenvalue weighted by Gasteiger charge is 2.39. The Bertz CT molecular complexity index is 517. The van der Waals surface area contributed by atoms with Crippen molar-refractivity contribution in [3.05, 3.63) is 22.4 Å². The molecule has 0 radical (unpaired) electrons. The largest absolute Gasteiger partial charge is 0.479 e. The molecule has 1 saturated carbocycles. The summed E-state index contributed by atoms with van der Waals surface area (Å²) >= 11 is 1.35. The molecule has 2 N–H and O–H groups in total. The molecule has 3 rings (SSSR count). The normalized spacial score (nSPS) is 26.2. The van der Waals surface area contributed by atoms with Crippen LogP contribution in [0.2, 0.25) is 0 Å². The van der Waals surface area contributed by atoms with Gasteiger partial charge in [0, 0.05) is 17.5 Å². The van der Waals surface area contributed by atoms with E-state index in [0.717, 1.165) is 25.8 Å². The summed E-state index contributed by atoms with van der Waals surface area (Å²) < 4.78 is 0. The van der Waals surface area contributed by atoms with Crippen molar-refractivity contribution in [2.75, 3.05) is 6.54 Å². The molecular formula is C15H20N2O3S. The molecule has 3 atom stereocenters. The molecule has 5 nitrogen and oxygen atoms in total. The van der Waals surface area contributed by atoms with Crippen LogP contribution in [-0.2, 0) is 4.79 Å². The van der Waals surface area contributed by atoms with E-state index < -0.39 is 12.0 Å². The fraction of sp³-hybridized carbons (Fsp3) is 0.600. The molecule has 2 heterocycles. The molecule has 114 valence electrons. The van der Waals surface area contributed by atoms with Gasteiger partial charge in [0.2, 0.25) is 0 Å². The topological polar surface area (TPSA) is 69.6 Å². The first-order valence-corrected chi connectivity index (χ1v) is 8.38. The molecular weight excluding hydrogens is 288 g/mol. The van der Waals surface area contributed by atoms with Crippen molar-refractivity contribution in [1.29, 1.82) is 0 Å². The summed E-state index contributed by atoms with van der Waals surface area (Å²) in [6, 6.07) is 2.67. The maximum Gasteiger partial charge on any atom is 0.331 e. The molecule has 1 aliphatic heterocycles. The number of thiophene rings is 1. The number of nitrogens with zero attached hydrogens (tertiary/aromatic N) is 1. The summed E-state index contributed by atoms with van der Waals surface area (Å²) in [6.45, 7) is 0.748. The average molecular weight is 308 g/mol. The zero-order valence-corrected chi connectivity index (χ0v) is 12.6. The molecule has 1 saturated heterocycles. The molecule has 2 fully saturated rings. The number of carboxylic acids is 1. The number of carbonyl (C=O) groups is 2. The SMILES string of the molecule is O=C(O)C(NC(=O)N1CCC2CCCCC21)c1cccs1. The molecule has 0 spiro atoms. The fourth-order valence-electron chi connectivity index (χ4n) is 3.57. The molecule has 1 aromatic rings. The van der Waals surface area contributed by atoms with Gasteiger partial charge in [-0.25, -0.2) is 9.59 Å². The van der Waals surface area contributed by atoms with Crippen molar-refractivity contribution in [2.24, 2.45) is 5.92 Å². The van der Waals surface area contributed by atoms with Crippen LogP contribution in [0.4, 0.5) is 4.79 Å². The number of fused-ring (bicyclic) bond motifs is 1. The average Bonchev–Trinajstić information content (AvgIpc) is 3.13. The molecule has 0 aromatic carbocycles. The second kappa shape index (κ2) is 6.05. The summed E-state index contributed by atoms with van der Waals surface area (Å²) in [5.74, 6) is -0.403. The Morgan fingerprint density at radius 1 is 1.33 bits per heavy atom. The molecule has 21 heavy (non-hydrogen) atoms. The Labute approximate surface area is 128 Å². The van der Waals surface area contributed by atoms with Gasteiger partial charge in [-0.1, -0.05) is 18.9 Å². The fourth-order valence-corrected chi connectivity index (χ4v) is 4.34. The number of nitrogens with one attached hydrogen (secondary N) is 1. The maximum absolute atomic E-state index is 12.5. The minimum Gasteiger partial charge on any atom is -0.479 e. The van der Waals surface area contributed by atoms with Gasteiger partial charge < -0.3 is 15.3 Å². The minimum absolute atomic E-state index is 0.231. The smallest absolute Gasteiger partial charge is 0.331 e. The quantitative estimate of drug-likeness (QED) is 0.902. The second-order valence-electron chi connectivity index (χ2n) is 5.83. The van der Waals surface area contributed by atoms with Gasteiger partial charge in [-0.2, -0.15) is 0 Å². The van der Waals surface area contributed by atoms with E-state index in [1.54, 1.807) is 12.1 Å². The van der Waals surface area contributed by atoms with Gasteiger partial charge >= 0.3 is 12.0 Å². The van der Waals surface area contributed by atoms with Crippen molar-refractivity contribution < 1.29 is 14.7 Å². The van der Waals surface area contributed by atoms with Crippen LogP contribution in [0, 0.1) is 5.92 Å². The van der Waals surface area contributed by atoms with E-state index in [2.05, 4.69) is 5.32 Å². The van der Waals surface area contributed by atoms with Gasteiger partial charge in [0.1, 0.15) is 0 Å². The molecule has 1 aromatic heterocycles. The predicted octanol–water partition coefficient (Wildman–Crippen LogP) is 2.85. The number of aliphatic carboxylic acids is 1. The van der Waals surface area contributed by atoms with E-state index in [1.165, 1.54) is 24.2 Å². The number of hydrogen-bond acceptors (Lipinski definition) is 3. The summed E-state index contributed by atoms with van der Waals surface area (Å²) in [7, 11) is 0. The Morgan fingerprint density at radius 2 is 2.14 bits per heavy atom. The van der Waals surface area contributed by atoms with E-state index in [4.69, 9.17) is 0 Å². The van der Waals surface area contributed by atoms with Crippen LogP contribution >= 0.6 is 11.3 Å². The van der Waals surface area contributed by atoms with Crippen molar-refractivity contribution in [1.82, 2.24) is 10.2 Å². The third-order valence-electron chi connectivity index (χ3n) is 4.61. The van der Waals surface area contributed by atoms with Crippen LogP contribution < -0.4 is 5.32 Å². The lowest BCUT2D eigenvalue weighted by Crippen LogP contribution is -2.47. The van der Waals surface area contributed by atoms with E-state index in [9.17, 15) is 14.7 Å². The van der Waals surface area contributed by atoms with Gasteiger partial charge in [0.15, 0.2) is 6.04 Å². The van der Waals surface area contributed by atoms with Crippen LogP contribution in [0.5, 0.6) is 0 Å². The van der Waals surface area contributed by atoms with Crippen molar-refractivity contribution in [2.45, 2.75) is 44.2 Å². The van der Waals surface area contributed by atoms with E-state index in [1.807, 2.05) is 10.3 Å². The van der Waals surface area contributed by atoms with Gasteiger partial charge in [-0.3, -0.25) is 0 Å². The Kier molecular flexibility index (Phi) is 4.14. The molecule has 3 unspecified atom stereocenters. The third-order valence-corrected chi connectivity index (χ3v) is 5.55. The molecule has 6 heteroatoms. The lowest BCUT2D eigenvalue weighted by Gasteiger charge is -2.32. The number of carboxylic acid groups (broad SMARTS) is 1. The first-order valence-electron chi connectivity index (χ1n) is 7.50. The van der Waals surface area contributed by atoms with Gasteiger partial charge in [-0.15, -0.1) is 11.3 Å². The first-order chi connectivity index (χ1) is 10.2. The van der Waals surface area contributed by atoms with Crippen LogP contribution in [0.25, 0.3) is 0 Å². The highest BCUT2D eigenvalue weighted by atomic mass is 32.1. The van der Waals surface area contributed by atoms with Crippen LogP contribution in [0.15, 0.2) is 17.5 Å². The summed E-state index contributed by atoms with van der Waals surface area (Å²) in [5, 5.41) is 13.9. The predicted molar refractivity (Wildman–Crippen MR) is 80.3 cm³/mol. The maximum atomic E-state index is 12.5. The zero-order chi connectivity index (χ0) is 14.8. The number of likely N-dealkylation sites (tertiary alicyclic amines) is 1. The molecule has 2 amide bonds. The van der Waals surface area contributed by atoms with E-state index >= 15 is 0 Å². The Morgan fingerprint density at radius 3 is 2.86 bits per heavy atom. The first kappa shape index (κ1) is 14.4. The number of carbonyl (C=O) groups excluding carboxylic acids is 1. The van der Waals surface area contributed by atoms with Crippen LogP contribution in [0.3, 0.4) is 0 Å². The number of hydrogen-bond donors (Lipinski definition) is 2. The van der Waals surface area contributed by atoms with Crippen molar-refractivity contribution in [3.8, 4) is 0 Å². The standard InChI is InChI=1S/C15H20N2O3S/c18-14(19)13(12-6-3-9-21-12)16-15(20)17-8-7-10-4-1-2-5-11(10)17/h3,6,9-11,13H,1-2,4-5,7-8H2,(H,16,20)(H,18,19). The second-order valence-corrected chi connectivity index (χ2v) is 6.81. The highest BCUT2D eigenvalue weighted by molar-refractivity contribution is 7.10. The third kappa shape index (κ3) is 2.90. The van der Waals surface area contributed by atoms with Crippen molar-refractivity contribution in [3.63, 3.8) is 0 Å². The molecule has 0 bridgehead atoms. The van der Waals surface area contributed by atoms with Gasteiger partial charge in [-0.05, 0) is 36.6 Å². The zero-order valence-electron chi connectivity index (χ0n) is 11.8. The van der Waals surface area contributed by atoms with E-state index in [-0.39, 0.29) is 6.03 Å². The summed E-state index contributed by atoms with van der Waals surface area (Å²) in [5.41, 5.74) is 0. The highest BCUT2D eigenvalue weighted by Crippen LogP contribution is 2.36. The lowest BCUT2D eigenvalue weighted by atomic mass is 9.85. The lowest BCUT2D eigenvalue weighted by molar-refractivity contribution is -0.139. The van der Waals surface area contributed by atoms with Gasteiger partial charge in [0.25, 0.3) is 0 Å². The summed E-state index contributed by atoms with van der Waals surface area (Å²) in [4.78, 5) is 26.4. The molecule has 2 aliphatic rings. The van der Waals surface area contributed by atoms with Crippen LogP contribution in [0.1, 0.15) is 43.0 Å². The molecule has 1 aliphatic carbocycles. The summed E-state index contributed by atoms with van der Waals surface area (Å²) in [6.07, 6.45) is 5.72. The number of urea groups is 1. The monoisotopic (exact) mass is 308 g/mol. The Balaban J connectivity index is 1.69. The van der Waals surface area contributed by atoms with Crippen molar-refractivity contribution >= 4 is 23.3 Å². The van der Waals surface area contributed by atoms with Gasteiger partial charge in [0.05, 0.1) is 0 Å².